The molecule has 138 valence electrons. The van der Waals surface area contributed by atoms with Crippen LogP contribution in [0.15, 0.2) is 23.1 Å². The van der Waals surface area contributed by atoms with E-state index in [1.807, 2.05) is 6.07 Å². The van der Waals surface area contributed by atoms with Crippen molar-refractivity contribution in [1.29, 1.82) is 0 Å². The Labute approximate surface area is 148 Å². The predicted octanol–water partition coefficient (Wildman–Crippen LogP) is 5.96. The summed E-state index contributed by atoms with van der Waals surface area (Å²) in [5.74, 6) is 0. The third-order valence-corrected chi connectivity index (χ3v) is 5.42. The van der Waals surface area contributed by atoms with Crippen molar-refractivity contribution in [2.45, 2.75) is 95.8 Å². The molecule has 0 aliphatic heterocycles. The normalized spacial score (nSPS) is 11.8. The van der Waals surface area contributed by atoms with Gasteiger partial charge in [-0.25, -0.2) is 0 Å². The molecule has 0 aliphatic carbocycles. The summed E-state index contributed by atoms with van der Waals surface area (Å²) in [6, 6.07) is 5.11. The lowest BCUT2D eigenvalue weighted by Gasteiger charge is -2.11. The zero-order valence-electron chi connectivity index (χ0n) is 15.4. The lowest BCUT2D eigenvalue weighted by molar-refractivity contribution is 0.483. The lowest BCUT2D eigenvalue weighted by atomic mass is 9.96. The summed E-state index contributed by atoms with van der Waals surface area (Å²) in [5, 5.41) is 0. The zero-order chi connectivity index (χ0) is 17.8. The first-order valence-corrected chi connectivity index (χ1v) is 11.0. The molecule has 0 saturated heterocycles. The minimum Gasteiger partial charge on any atom is -0.282 e. The molecule has 0 heterocycles. The van der Waals surface area contributed by atoms with Crippen molar-refractivity contribution in [3.63, 3.8) is 0 Å². The molecule has 0 bridgehead atoms. The van der Waals surface area contributed by atoms with Crippen LogP contribution in [-0.4, -0.2) is 13.0 Å². The van der Waals surface area contributed by atoms with E-state index in [1.165, 1.54) is 63.0 Å². The summed E-state index contributed by atoms with van der Waals surface area (Å²) >= 11 is 0. The van der Waals surface area contributed by atoms with Gasteiger partial charge < -0.3 is 0 Å². The quantitative estimate of drug-likeness (QED) is 0.351. The molecule has 0 saturated carbocycles. The molecule has 1 rings (SSSR count). The maximum absolute atomic E-state index is 11.4. The average Bonchev–Trinajstić information content (AvgIpc) is 2.54. The maximum Gasteiger partial charge on any atom is 0.294 e. The third-order valence-electron chi connectivity index (χ3n) is 4.57. The van der Waals surface area contributed by atoms with Crippen molar-refractivity contribution >= 4 is 10.1 Å². The van der Waals surface area contributed by atoms with Crippen LogP contribution >= 0.6 is 0 Å². The second kappa shape index (κ2) is 11.6. The van der Waals surface area contributed by atoms with Crippen molar-refractivity contribution in [2.24, 2.45) is 0 Å². The van der Waals surface area contributed by atoms with Crippen molar-refractivity contribution in [2.75, 3.05) is 0 Å². The smallest absolute Gasteiger partial charge is 0.282 e. The second-order valence-corrected chi connectivity index (χ2v) is 8.16. The monoisotopic (exact) mass is 354 g/mol. The van der Waals surface area contributed by atoms with Crippen molar-refractivity contribution in [3.8, 4) is 0 Å². The molecule has 0 atom stereocenters. The van der Waals surface area contributed by atoms with Gasteiger partial charge >= 0.3 is 0 Å². The van der Waals surface area contributed by atoms with Crippen LogP contribution in [0, 0.1) is 0 Å². The maximum atomic E-state index is 11.4. The molecule has 4 heteroatoms. The Hall–Kier alpha value is -0.870. The van der Waals surface area contributed by atoms with Crippen molar-refractivity contribution in [1.82, 2.24) is 0 Å². The van der Waals surface area contributed by atoms with Gasteiger partial charge in [0.25, 0.3) is 10.1 Å². The minimum absolute atomic E-state index is 0.0285. The van der Waals surface area contributed by atoms with Gasteiger partial charge in [-0.05, 0) is 48.9 Å². The van der Waals surface area contributed by atoms with E-state index in [0.29, 0.717) is 0 Å². The number of hydrogen-bond acceptors (Lipinski definition) is 2. The van der Waals surface area contributed by atoms with Crippen LogP contribution < -0.4 is 0 Å². The summed E-state index contributed by atoms with van der Waals surface area (Å²) in [5.41, 5.74) is 2.34. The highest BCUT2D eigenvalue weighted by Gasteiger charge is 2.12. The number of rotatable bonds is 13. The molecule has 3 nitrogen and oxygen atoms in total. The summed E-state index contributed by atoms with van der Waals surface area (Å²) in [7, 11) is -4.11. The molecule has 0 aliphatic rings. The van der Waals surface area contributed by atoms with E-state index >= 15 is 0 Å². The summed E-state index contributed by atoms with van der Waals surface area (Å²) in [4.78, 5) is 0.0285. The Bertz CT molecular complexity index is 564. The van der Waals surface area contributed by atoms with E-state index in [-0.39, 0.29) is 4.90 Å². The van der Waals surface area contributed by atoms with Crippen LogP contribution in [0.25, 0.3) is 0 Å². The molecule has 0 unspecified atom stereocenters. The SMILES string of the molecule is CCCCCCCc1ccc(S(=O)(=O)O)cc1CCCCCCC. The van der Waals surface area contributed by atoms with Gasteiger partial charge in [0.2, 0.25) is 0 Å². The molecule has 0 aromatic heterocycles. The molecular formula is C20H34O3S. The molecule has 1 N–H and O–H groups in total. The van der Waals surface area contributed by atoms with Crippen LogP contribution in [0.1, 0.15) is 89.2 Å². The van der Waals surface area contributed by atoms with Crippen LogP contribution in [0.3, 0.4) is 0 Å². The van der Waals surface area contributed by atoms with E-state index in [9.17, 15) is 13.0 Å². The van der Waals surface area contributed by atoms with E-state index in [1.54, 1.807) is 6.07 Å². The standard InChI is InChI=1S/C20H34O3S/c1-3-5-7-9-11-13-18-15-16-20(24(21,22)23)17-19(18)14-12-10-8-6-4-2/h15-17H,3-14H2,1-2H3,(H,21,22,23). The van der Waals surface area contributed by atoms with Crippen LogP contribution in [0.4, 0.5) is 0 Å². The largest absolute Gasteiger partial charge is 0.294 e. The Kier molecular flexibility index (Phi) is 10.3. The van der Waals surface area contributed by atoms with Crippen LogP contribution in [0.5, 0.6) is 0 Å². The van der Waals surface area contributed by atoms with Gasteiger partial charge in [-0.3, -0.25) is 4.55 Å². The van der Waals surface area contributed by atoms with Crippen LogP contribution in [-0.2, 0) is 23.0 Å². The summed E-state index contributed by atoms with van der Waals surface area (Å²) < 4.78 is 32.1. The lowest BCUT2D eigenvalue weighted by Crippen LogP contribution is -2.02. The second-order valence-electron chi connectivity index (χ2n) is 6.73. The first-order chi connectivity index (χ1) is 11.5. The van der Waals surface area contributed by atoms with E-state index in [4.69, 9.17) is 0 Å². The van der Waals surface area contributed by atoms with Gasteiger partial charge in [0.05, 0.1) is 4.90 Å². The van der Waals surface area contributed by atoms with Gasteiger partial charge in [0.1, 0.15) is 0 Å². The van der Waals surface area contributed by atoms with Crippen molar-refractivity contribution in [3.05, 3.63) is 29.3 Å². The van der Waals surface area contributed by atoms with E-state index in [0.717, 1.165) is 31.2 Å². The highest BCUT2D eigenvalue weighted by atomic mass is 32.2. The fraction of sp³-hybridized carbons (Fsp3) is 0.700. The number of hydrogen-bond donors (Lipinski definition) is 1. The van der Waals surface area contributed by atoms with E-state index < -0.39 is 10.1 Å². The fourth-order valence-corrected chi connectivity index (χ4v) is 3.61. The average molecular weight is 355 g/mol. The fourth-order valence-electron chi connectivity index (χ4n) is 3.08. The molecule has 0 amide bonds. The number of benzene rings is 1. The Morgan fingerprint density at radius 2 is 1.25 bits per heavy atom. The molecular weight excluding hydrogens is 320 g/mol. The Morgan fingerprint density at radius 1 is 0.750 bits per heavy atom. The molecule has 24 heavy (non-hydrogen) atoms. The topological polar surface area (TPSA) is 54.4 Å². The molecule has 0 fully saturated rings. The number of aryl methyl sites for hydroxylation is 2. The minimum atomic E-state index is -4.11. The van der Waals surface area contributed by atoms with Crippen molar-refractivity contribution < 1.29 is 13.0 Å². The Balaban J connectivity index is 2.69. The van der Waals surface area contributed by atoms with Gasteiger partial charge in [-0.2, -0.15) is 8.42 Å². The van der Waals surface area contributed by atoms with Gasteiger partial charge in [-0.1, -0.05) is 71.3 Å². The molecule has 1 aromatic carbocycles. The molecule has 0 spiro atoms. The predicted molar refractivity (Wildman–Crippen MR) is 101 cm³/mol. The molecule has 1 aromatic rings. The first kappa shape index (κ1) is 21.2. The van der Waals surface area contributed by atoms with Gasteiger partial charge in [0, 0.05) is 0 Å². The van der Waals surface area contributed by atoms with Gasteiger partial charge in [0.15, 0.2) is 0 Å². The van der Waals surface area contributed by atoms with E-state index in [2.05, 4.69) is 13.8 Å². The highest BCUT2D eigenvalue weighted by Crippen LogP contribution is 2.21. The van der Waals surface area contributed by atoms with Gasteiger partial charge in [-0.15, -0.1) is 0 Å². The summed E-state index contributed by atoms with van der Waals surface area (Å²) in [6.45, 7) is 4.41. The third kappa shape index (κ3) is 8.29. The Morgan fingerprint density at radius 3 is 1.75 bits per heavy atom. The molecule has 0 radical (unpaired) electrons. The first-order valence-electron chi connectivity index (χ1n) is 9.58. The number of unbranched alkanes of at least 4 members (excludes halogenated alkanes) is 8. The van der Waals surface area contributed by atoms with Crippen LogP contribution in [0.2, 0.25) is 0 Å². The summed E-state index contributed by atoms with van der Waals surface area (Å²) in [6.07, 6.45) is 14.0. The highest BCUT2D eigenvalue weighted by molar-refractivity contribution is 7.85. The zero-order valence-corrected chi connectivity index (χ0v) is 16.2.